The van der Waals surface area contributed by atoms with E-state index < -0.39 is 53.8 Å². The molecule has 0 aliphatic rings. The summed E-state index contributed by atoms with van der Waals surface area (Å²) in [5.74, 6) is -4.39. The van der Waals surface area contributed by atoms with Crippen molar-refractivity contribution in [2.24, 2.45) is 17.4 Å². The van der Waals surface area contributed by atoms with Crippen molar-refractivity contribution in [3.63, 3.8) is 0 Å². The van der Waals surface area contributed by atoms with Gasteiger partial charge in [-0.3, -0.25) is 19.2 Å². The summed E-state index contributed by atoms with van der Waals surface area (Å²) in [4.78, 5) is 66.5. The monoisotopic (exact) mass is 608 g/mol. The van der Waals surface area contributed by atoms with Gasteiger partial charge in [0.05, 0.1) is 6.04 Å². The van der Waals surface area contributed by atoms with Crippen molar-refractivity contribution < 1.29 is 34.2 Å². The number of carbonyl (C=O) groups is 5. The molecule has 0 fully saturated rings. The number of aromatic amines is 1. The van der Waals surface area contributed by atoms with Crippen LogP contribution in [0.15, 0.2) is 54.7 Å². The van der Waals surface area contributed by atoms with Crippen LogP contribution in [0.2, 0.25) is 0 Å². The molecular formula is C31H40N6O7. The third-order valence-electron chi connectivity index (χ3n) is 7.55. The average Bonchev–Trinajstić information content (AvgIpc) is 3.40. The molecule has 5 atom stereocenters. The number of rotatable bonds is 16. The number of benzene rings is 2. The Kier molecular flexibility index (Phi) is 11.9. The maximum absolute atomic E-state index is 13.5. The number of phenols is 1. The fraction of sp³-hybridized carbons (Fsp3) is 0.387. The van der Waals surface area contributed by atoms with Gasteiger partial charge in [-0.05, 0) is 48.1 Å². The van der Waals surface area contributed by atoms with E-state index in [2.05, 4.69) is 20.9 Å². The van der Waals surface area contributed by atoms with Crippen molar-refractivity contribution in [3.8, 4) is 5.75 Å². The van der Waals surface area contributed by atoms with Crippen LogP contribution in [-0.4, -0.2) is 69.0 Å². The van der Waals surface area contributed by atoms with E-state index >= 15 is 0 Å². The molecule has 1 aromatic heterocycles. The lowest BCUT2D eigenvalue weighted by Crippen LogP contribution is -2.59. The van der Waals surface area contributed by atoms with E-state index in [1.54, 1.807) is 25.3 Å². The van der Waals surface area contributed by atoms with Crippen LogP contribution in [0.25, 0.3) is 10.9 Å². The van der Waals surface area contributed by atoms with Gasteiger partial charge in [-0.1, -0.05) is 50.6 Å². The first-order chi connectivity index (χ1) is 20.9. The Balaban J connectivity index is 1.73. The maximum atomic E-state index is 13.5. The van der Waals surface area contributed by atoms with Gasteiger partial charge in [0.15, 0.2) is 0 Å². The van der Waals surface area contributed by atoms with Crippen LogP contribution >= 0.6 is 0 Å². The molecule has 0 saturated heterocycles. The minimum absolute atomic E-state index is 0.0357. The Bertz CT molecular complexity index is 1470. The number of hydrogen-bond acceptors (Lipinski definition) is 7. The largest absolute Gasteiger partial charge is 0.508 e. The summed E-state index contributed by atoms with van der Waals surface area (Å²) in [5.41, 5.74) is 13.6. The summed E-state index contributed by atoms with van der Waals surface area (Å²) >= 11 is 0. The highest BCUT2D eigenvalue weighted by atomic mass is 16.4. The fourth-order valence-electron chi connectivity index (χ4n) is 4.75. The first-order valence-electron chi connectivity index (χ1n) is 14.4. The summed E-state index contributed by atoms with van der Waals surface area (Å²) in [5, 5.41) is 27.9. The highest BCUT2D eigenvalue weighted by molar-refractivity contribution is 5.95. The molecule has 10 N–H and O–H groups in total. The second-order valence-corrected chi connectivity index (χ2v) is 10.9. The molecule has 0 saturated carbocycles. The van der Waals surface area contributed by atoms with Crippen molar-refractivity contribution in [1.82, 2.24) is 20.9 Å². The predicted octanol–water partition coefficient (Wildman–Crippen LogP) is 0.837. The van der Waals surface area contributed by atoms with Gasteiger partial charge in [0.1, 0.15) is 23.9 Å². The molecule has 13 heteroatoms. The van der Waals surface area contributed by atoms with Crippen LogP contribution in [0.3, 0.4) is 0 Å². The highest BCUT2D eigenvalue weighted by Gasteiger charge is 2.33. The Morgan fingerprint density at radius 3 is 2.18 bits per heavy atom. The number of aromatic hydroxyl groups is 1. The van der Waals surface area contributed by atoms with Gasteiger partial charge in [0.25, 0.3) is 0 Å². The van der Waals surface area contributed by atoms with Crippen LogP contribution in [0.4, 0.5) is 0 Å². The number of carboxylic acid groups (broad SMARTS) is 1. The quantitative estimate of drug-likeness (QED) is 0.116. The van der Waals surface area contributed by atoms with E-state index in [1.807, 2.05) is 31.2 Å². The van der Waals surface area contributed by atoms with Gasteiger partial charge in [0.2, 0.25) is 23.6 Å². The minimum Gasteiger partial charge on any atom is -0.508 e. The number of primary amides is 1. The summed E-state index contributed by atoms with van der Waals surface area (Å²) in [6, 6.07) is 8.80. The molecule has 3 rings (SSSR count). The second-order valence-electron chi connectivity index (χ2n) is 10.9. The maximum Gasteiger partial charge on any atom is 0.326 e. The lowest BCUT2D eigenvalue weighted by molar-refractivity contribution is -0.142. The fourth-order valence-corrected chi connectivity index (χ4v) is 4.75. The first kappa shape index (κ1) is 33.6. The third kappa shape index (κ3) is 9.30. The number of nitrogens with one attached hydrogen (secondary N) is 4. The number of hydrogen-bond donors (Lipinski definition) is 8. The van der Waals surface area contributed by atoms with Gasteiger partial charge in [-0.2, -0.15) is 0 Å². The molecule has 0 aliphatic heterocycles. The number of nitrogens with two attached hydrogens (primary N) is 2. The summed E-state index contributed by atoms with van der Waals surface area (Å²) < 4.78 is 0. The zero-order valence-electron chi connectivity index (χ0n) is 24.7. The van der Waals surface area contributed by atoms with E-state index in [1.165, 1.54) is 12.1 Å². The zero-order valence-corrected chi connectivity index (χ0v) is 24.7. The zero-order chi connectivity index (χ0) is 32.4. The summed E-state index contributed by atoms with van der Waals surface area (Å²) in [6.07, 6.45) is 1.84. The van der Waals surface area contributed by atoms with Crippen LogP contribution in [0.5, 0.6) is 5.75 Å². The molecule has 236 valence electrons. The van der Waals surface area contributed by atoms with Gasteiger partial charge >= 0.3 is 5.97 Å². The Morgan fingerprint density at radius 2 is 1.55 bits per heavy atom. The number of aliphatic carboxylic acids is 1. The second kappa shape index (κ2) is 15.5. The normalized spacial score (nSPS) is 14.5. The van der Waals surface area contributed by atoms with E-state index in [-0.39, 0.29) is 37.4 Å². The van der Waals surface area contributed by atoms with E-state index in [4.69, 9.17) is 11.5 Å². The molecule has 3 aromatic rings. The molecule has 5 unspecified atom stereocenters. The van der Waals surface area contributed by atoms with Crippen LogP contribution in [0, 0.1) is 5.92 Å². The van der Waals surface area contributed by atoms with Crippen LogP contribution in [-0.2, 0) is 36.8 Å². The van der Waals surface area contributed by atoms with Gasteiger partial charge in [-0.15, -0.1) is 0 Å². The molecule has 0 radical (unpaired) electrons. The lowest BCUT2D eigenvalue weighted by atomic mass is 9.96. The highest BCUT2D eigenvalue weighted by Crippen LogP contribution is 2.19. The number of amides is 4. The lowest BCUT2D eigenvalue weighted by Gasteiger charge is -2.28. The Labute approximate surface area is 254 Å². The topological polar surface area (TPSA) is 230 Å². The standard InChI is InChI=1S/C31H40N6O7/c1-3-17(2)27(37-28(40)22(32)14-18-8-10-20(38)11-9-18)30(42)35-24(12-13-26(33)39)29(41)36-25(31(43)44)15-19-16-34-23-7-5-4-6-21(19)23/h4-11,16-17,22,24-25,27,34,38H,3,12-15,32H2,1-2H3,(H2,33,39)(H,35,42)(H,36,41)(H,37,40)(H,43,44). The van der Waals surface area contributed by atoms with Crippen molar-refractivity contribution in [2.45, 2.75) is 70.1 Å². The molecule has 0 aliphatic carbocycles. The summed E-state index contributed by atoms with van der Waals surface area (Å²) in [6.45, 7) is 3.57. The van der Waals surface area contributed by atoms with E-state index in [0.717, 1.165) is 10.9 Å². The smallest absolute Gasteiger partial charge is 0.326 e. The number of H-pyrrole nitrogens is 1. The Hall–Kier alpha value is -4.91. The number of phenolic OH excluding ortho intramolecular Hbond substituents is 1. The number of aromatic nitrogens is 1. The number of fused-ring (bicyclic) bond motifs is 1. The van der Waals surface area contributed by atoms with Crippen LogP contribution in [0.1, 0.15) is 44.2 Å². The molecule has 13 nitrogen and oxygen atoms in total. The van der Waals surface area contributed by atoms with Crippen molar-refractivity contribution in [3.05, 3.63) is 65.9 Å². The van der Waals surface area contributed by atoms with Crippen LogP contribution < -0.4 is 27.4 Å². The number of para-hydroxylation sites is 1. The first-order valence-corrected chi connectivity index (χ1v) is 14.4. The van der Waals surface area contributed by atoms with E-state index in [9.17, 15) is 34.2 Å². The van der Waals surface area contributed by atoms with Crippen molar-refractivity contribution >= 4 is 40.5 Å². The minimum atomic E-state index is -1.34. The average molecular weight is 609 g/mol. The molecule has 44 heavy (non-hydrogen) atoms. The molecule has 4 amide bonds. The van der Waals surface area contributed by atoms with Gasteiger partial charge in [-0.25, -0.2) is 4.79 Å². The molecule has 1 heterocycles. The van der Waals surface area contributed by atoms with Gasteiger partial charge in [0, 0.05) is 29.9 Å². The predicted molar refractivity (Wildman–Crippen MR) is 163 cm³/mol. The Morgan fingerprint density at radius 1 is 0.886 bits per heavy atom. The number of carbonyl (C=O) groups excluding carboxylic acids is 4. The van der Waals surface area contributed by atoms with Crippen molar-refractivity contribution in [1.29, 1.82) is 0 Å². The van der Waals surface area contributed by atoms with Gasteiger partial charge < -0.3 is 42.6 Å². The molecule has 2 aromatic carbocycles. The molecule has 0 bridgehead atoms. The third-order valence-corrected chi connectivity index (χ3v) is 7.55. The molecule has 0 spiro atoms. The summed E-state index contributed by atoms with van der Waals surface area (Å²) in [7, 11) is 0. The van der Waals surface area contributed by atoms with Crippen molar-refractivity contribution in [2.75, 3.05) is 0 Å². The van der Waals surface area contributed by atoms with E-state index in [0.29, 0.717) is 17.5 Å². The number of carboxylic acids is 1. The SMILES string of the molecule is CCC(C)C(NC(=O)C(N)Cc1ccc(O)cc1)C(=O)NC(CCC(N)=O)C(=O)NC(Cc1c[nH]c2ccccc12)C(=O)O. The molecular weight excluding hydrogens is 568 g/mol.